The third-order valence-corrected chi connectivity index (χ3v) is 15.1. The van der Waals surface area contributed by atoms with Gasteiger partial charge in [-0.25, -0.2) is 0 Å². The summed E-state index contributed by atoms with van der Waals surface area (Å²) in [5, 5.41) is 0.110. The summed E-state index contributed by atoms with van der Waals surface area (Å²) in [7, 11) is -5.73. The van der Waals surface area contributed by atoms with E-state index in [4.69, 9.17) is 13.0 Å². The molecule has 0 rings (SSSR count). The molecule has 0 radical (unpaired) electrons. The van der Waals surface area contributed by atoms with Crippen LogP contribution in [0.3, 0.4) is 0 Å². The standard InChI is InChI=1S/C14H38O3Si4/c1-12-14(3,18-4)16-20(8,9)13(2)15-21(10,11)17-19(5,6)7/h13H,12,18H2,1-11H3. The van der Waals surface area contributed by atoms with Gasteiger partial charge in [0.05, 0.1) is 15.2 Å². The van der Waals surface area contributed by atoms with Crippen molar-refractivity contribution in [2.45, 2.75) is 90.5 Å². The zero-order chi connectivity index (χ0) is 17.1. The Bertz CT molecular complexity index is 323. The fourth-order valence-corrected chi connectivity index (χ4v) is 15.1. The van der Waals surface area contributed by atoms with Crippen molar-refractivity contribution in [2.24, 2.45) is 0 Å². The van der Waals surface area contributed by atoms with Gasteiger partial charge < -0.3 is 13.0 Å². The molecular weight excluding hydrogens is 328 g/mol. The van der Waals surface area contributed by atoms with Crippen molar-refractivity contribution in [3.63, 3.8) is 0 Å². The van der Waals surface area contributed by atoms with Gasteiger partial charge in [-0.3, -0.25) is 0 Å². The minimum absolute atomic E-state index is 0.110. The Kier molecular flexibility index (Phi) is 7.81. The Labute approximate surface area is 138 Å². The molecule has 0 bridgehead atoms. The molecule has 0 saturated heterocycles. The molecule has 2 atom stereocenters. The van der Waals surface area contributed by atoms with E-state index in [2.05, 4.69) is 73.1 Å². The molecule has 0 amide bonds. The lowest BCUT2D eigenvalue weighted by Gasteiger charge is -2.42. The highest BCUT2D eigenvalue weighted by Crippen LogP contribution is 2.27. The van der Waals surface area contributed by atoms with Gasteiger partial charge in [-0.2, -0.15) is 0 Å². The lowest BCUT2D eigenvalue weighted by atomic mass is 10.3. The summed E-state index contributed by atoms with van der Waals surface area (Å²) in [4.78, 5) is 0. The van der Waals surface area contributed by atoms with Gasteiger partial charge in [-0.05, 0) is 66.1 Å². The second-order valence-electron chi connectivity index (χ2n) is 8.24. The van der Waals surface area contributed by atoms with Gasteiger partial charge in [0.25, 0.3) is 0 Å². The molecule has 0 spiro atoms. The monoisotopic (exact) mass is 366 g/mol. The molecular formula is C14H38O3Si4. The van der Waals surface area contributed by atoms with E-state index in [-0.39, 0.29) is 20.5 Å². The summed E-state index contributed by atoms with van der Waals surface area (Å²) in [6.45, 7) is 24.6. The molecule has 0 fully saturated rings. The lowest BCUT2D eigenvalue weighted by molar-refractivity contribution is 0.123. The second-order valence-corrected chi connectivity index (χ2v) is 22.7. The first-order chi connectivity index (χ1) is 9.16. The Morgan fingerprint density at radius 2 is 1.52 bits per heavy atom. The summed E-state index contributed by atoms with van der Waals surface area (Å²) < 4.78 is 19.3. The maximum atomic E-state index is 6.62. The van der Waals surface area contributed by atoms with Crippen LogP contribution in [0.25, 0.3) is 0 Å². The molecule has 0 aliphatic heterocycles. The predicted octanol–water partition coefficient (Wildman–Crippen LogP) is 4.05. The maximum Gasteiger partial charge on any atom is 0.321 e. The minimum atomic E-state index is -2.08. The first kappa shape index (κ1) is 21.7. The molecule has 2 unspecified atom stereocenters. The molecule has 0 saturated carbocycles. The zero-order valence-electron chi connectivity index (χ0n) is 16.2. The SMILES string of the molecule is CCC(C)(O[Si](C)(C)C(C)O[Si](C)(C)O[Si](C)(C)C)[SiH2]C. The van der Waals surface area contributed by atoms with Crippen molar-refractivity contribution in [3.05, 3.63) is 0 Å². The van der Waals surface area contributed by atoms with Crippen LogP contribution in [0.1, 0.15) is 27.2 Å². The first-order valence-electron chi connectivity index (χ1n) is 8.24. The van der Waals surface area contributed by atoms with E-state index in [9.17, 15) is 0 Å². The molecule has 128 valence electrons. The van der Waals surface area contributed by atoms with Gasteiger partial charge in [0.1, 0.15) is 0 Å². The third kappa shape index (κ3) is 8.24. The van der Waals surface area contributed by atoms with Crippen LogP contribution in [0.15, 0.2) is 0 Å². The van der Waals surface area contributed by atoms with E-state index in [0.29, 0.717) is 0 Å². The number of hydrogen-bond acceptors (Lipinski definition) is 3. The average Bonchev–Trinajstić information content (AvgIpc) is 2.24. The van der Waals surface area contributed by atoms with Gasteiger partial charge in [-0.1, -0.05) is 13.5 Å². The Balaban J connectivity index is 4.87. The van der Waals surface area contributed by atoms with Crippen LogP contribution in [0.4, 0.5) is 0 Å². The molecule has 0 aromatic heterocycles. The Hall–Kier alpha value is 0.748. The fourth-order valence-electron chi connectivity index (χ4n) is 2.44. The molecule has 7 heteroatoms. The van der Waals surface area contributed by atoms with Crippen molar-refractivity contribution < 1.29 is 13.0 Å². The van der Waals surface area contributed by atoms with Gasteiger partial charge in [0.2, 0.25) is 8.32 Å². The minimum Gasteiger partial charge on any atom is -0.436 e. The molecule has 3 nitrogen and oxygen atoms in total. The normalized spacial score (nSPS) is 19.0. The van der Waals surface area contributed by atoms with Crippen LogP contribution in [0, 0.1) is 0 Å². The summed E-state index contributed by atoms with van der Waals surface area (Å²) in [5.74, 6) is 0. The molecule has 0 aromatic carbocycles. The van der Waals surface area contributed by atoms with Crippen LogP contribution in [0.2, 0.25) is 52.4 Å². The van der Waals surface area contributed by atoms with Crippen LogP contribution in [-0.4, -0.2) is 45.7 Å². The molecule has 0 aromatic rings. The van der Waals surface area contributed by atoms with Crippen molar-refractivity contribution in [1.82, 2.24) is 0 Å². The van der Waals surface area contributed by atoms with E-state index in [1.54, 1.807) is 0 Å². The second kappa shape index (κ2) is 7.54. The first-order valence-corrected chi connectivity index (χ1v) is 19.6. The summed E-state index contributed by atoms with van der Waals surface area (Å²) in [6.07, 6.45) is 1.10. The van der Waals surface area contributed by atoms with Crippen LogP contribution in [-0.2, 0) is 13.0 Å². The van der Waals surface area contributed by atoms with Gasteiger partial charge in [0, 0.05) is 5.22 Å². The van der Waals surface area contributed by atoms with Crippen molar-refractivity contribution in [1.29, 1.82) is 0 Å². The van der Waals surface area contributed by atoms with Crippen molar-refractivity contribution >= 4 is 34.7 Å². The topological polar surface area (TPSA) is 27.7 Å². The molecule has 0 heterocycles. The summed E-state index contributed by atoms with van der Waals surface area (Å²) in [5.41, 5.74) is 0.168. The summed E-state index contributed by atoms with van der Waals surface area (Å²) >= 11 is 0. The van der Waals surface area contributed by atoms with Crippen molar-refractivity contribution in [3.8, 4) is 0 Å². The van der Waals surface area contributed by atoms with E-state index >= 15 is 0 Å². The van der Waals surface area contributed by atoms with E-state index in [1.165, 1.54) is 0 Å². The highest BCUT2D eigenvalue weighted by atomic mass is 28.4. The predicted molar refractivity (Wildman–Crippen MR) is 104 cm³/mol. The van der Waals surface area contributed by atoms with Crippen LogP contribution >= 0.6 is 0 Å². The average molecular weight is 367 g/mol. The zero-order valence-corrected chi connectivity index (χ0v) is 20.6. The van der Waals surface area contributed by atoms with Crippen LogP contribution < -0.4 is 0 Å². The number of hydrogen-bond donors (Lipinski definition) is 0. The van der Waals surface area contributed by atoms with Crippen LogP contribution in [0.5, 0.6) is 0 Å². The number of rotatable bonds is 9. The van der Waals surface area contributed by atoms with Gasteiger partial charge in [0.15, 0.2) is 8.32 Å². The maximum absolute atomic E-state index is 6.62. The van der Waals surface area contributed by atoms with E-state index < -0.39 is 25.2 Å². The van der Waals surface area contributed by atoms with E-state index in [0.717, 1.165) is 6.42 Å². The quantitative estimate of drug-likeness (QED) is 0.576. The molecule has 0 N–H and O–H groups in total. The molecule has 0 aliphatic rings. The molecule has 21 heavy (non-hydrogen) atoms. The Morgan fingerprint density at radius 1 is 1.05 bits per heavy atom. The van der Waals surface area contributed by atoms with Crippen molar-refractivity contribution in [2.75, 3.05) is 0 Å². The van der Waals surface area contributed by atoms with Gasteiger partial charge >= 0.3 is 8.56 Å². The van der Waals surface area contributed by atoms with E-state index in [1.807, 2.05) is 0 Å². The molecule has 0 aliphatic carbocycles. The smallest absolute Gasteiger partial charge is 0.321 e. The highest BCUT2D eigenvalue weighted by Gasteiger charge is 2.42. The third-order valence-electron chi connectivity index (χ3n) is 4.00. The lowest BCUT2D eigenvalue weighted by Crippen LogP contribution is -2.57. The highest BCUT2D eigenvalue weighted by molar-refractivity contribution is 6.82. The van der Waals surface area contributed by atoms with Gasteiger partial charge in [-0.15, -0.1) is 0 Å². The Morgan fingerprint density at radius 3 is 1.86 bits per heavy atom. The fraction of sp³-hybridized carbons (Fsp3) is 1.00. The summed E-state index contributed by atoms with van der Waals surface area (Å²) in [6, 6.07) is 0. The largest absolute Gasteiger partial charge is 0.436 e.